The first-order valence-corrected chi connectivity index (χ1v) is 8.07. The summed E-state index contributed by atoms with van der Waals surface area (Å²) in [7, 11) is 0. The minimum atomic E-state index is -0.922. The summed E-state index contributed by atoms with van der Waals surface area (Å²) in [6.45, 7) is 8.39. The second-order valence-corrected chi connectivity index (χ2v) is 5.48. The van der Waals surface area contributed by atoms with Crippen LogP contribution < -0.4 is 0 Å². The Morgan fingerprint density at radius 2 is 1.93 bits per heavy atom. The molecule has 0 radical (unpaired) electrons. The lowest BCUT2D eigenvalue weighted by atomic mass is 10.2. The van der Waals surface area contributed by atoms with Crippen molar-refractivity contribution in [1.82, 2.24) is 0 Å². The monoisotopic (exact) mass is 394 g/mol. The Hall–Kier alpha value is -3.26. The number of carboxylic acid groups (broad SMARTS) is 1. The van der Waals surface area contributed by atoms with Crippen LogP contribution in [0.1, 0.15) is 18.9 Å². The van der Waals surface area contributed by atoms with Crippen LogP contribution in [0.25, 0.3) is 6.08 Å². The van der Waals surface area contributed by atoms with Crippen molar-refractivity contribution in [3.05, 3.63) is 66.8 Å². The van der Waals surface area contributed by atoms with E-state index in [2.05, 4.69) is 13.2 Å². The molecule has 1 aliphatic rings. The average Bonchev–Trinajstić information content (AvgIpc) is 2.98. The fourth-order valence-electron chi connectivity index (χ4n) is 2.03. The van der Waals surface area contributed by atoms with Crippen molar-refractivity contribution in [3.63, 3.8) is 0 Å². The number of esters is 2. The van der Waals surface area contributed by atoms with Crippen LogP contribution in [-0.2, 0) is 28.6 Å². The molecule has 1 heterocycles. The van der Waals surface area contributed by atoms with Crippen LogP contribution in [0.3, 0.4) is 0 Å². The fourth-order valence-corrected chi connectivity index (χ4v) is 2.03. The molecule has 1 aliphatic heterocycles. The molecule has 8 heteroatoms. The summed E-state index contributed by atoms with van der Waals surface area (Å²) >= 11 is 0. The Bertz CT molecular complexity index is 713. The highest BCUT2D eigenvalue weighted by atomic mass is 19.0. The summed E-state index contributed by atoms with van der Waals surface area (Å²) in [6, 6.07) is 9.31. The van der Waals surface area contributed by atoms with Crippen LogP contribution in [0.15, 0.2) is 61.2 Å². The normalized spacial score (nSPS) is 17.7. The highest BCUT2D eigenvalue weighted by Crippen LogP contribution is 2.25. The van der Waals surface area contributed by atoms with Crippen molar-refractivity contribution in [2.45, 2.75) is 25.7 Å². The molecule has 0 aromatic heterocycles. The van der Waals surface area contributed by atoms with Crippen LogP contribution in [0.2, 0.25) is 0 Å². The molecule has 0 saturated carbocycles. The van der Waals surface area contributed by atoms with Gasteiger partial charge in [0.05, 0.1) is 0 Å². The van der Waals surface area contributed by atoms with E-state index in [0.29, 0.717) is 12.0 Å². The molecular weight excluding hydrogens is 371 g/mol. The summed E-state index contributed by atoms with van der Waals surface area (Å²) in [6.07, 6.45) is 3.21. The summed E-state index contributed by atoms with van der Waals surface area (Å²) in [5.41, 5.74) is 1.56. The number of carbonyl (C=O) groups is 3. The third-order valence-corrected chi connectivity index (χ3v) is 3.21. The lowest BCUT2D eigenvalue weighted by Crippen LogP contribution is -2.21. The van der Waals surface area contributed by atoms with E-state index >= 15 is 0 Å². The van der Waals surface area contributed by atoms with E-state index in [4.69, 9.17) is 19.3 Å². The predicted octanol–water partition coefficient (Wildman–Crippen LogP) is 2.89. The Morgan fingerprint density at radius 3 is 2.46 bits per heavy atom. The molecule has 1 N–H and O–H groups in total. The van der Waals surface area contributed by atoms with Crippen molar-refractivity contribution in [2.24, 2.45) is 0 Å². The maximum Gasteiger partial charge on any atom is 0.330 e. The van der Waals surface area contributed by atoms with Crippen LogP contribution in [0, 0.1) is 0 Å². The highest BCUT2D eigenvalue weighted by molar-refractivity contribution is 5.85. The molecule has 152 valence electrons. The van der Waals surface area contributed by atoms with E-state index < -0.39 is 24.2 Å². The Morgan fingerprint density at radius 1 is 1.29 bits per heavy atom. The van der Waals surface area contributed by atoms with Crippen LogP contribution in [-0.4, -0.2) is 42.0 Å². The maximum absolute atomic E-state index is 10.8. The van der Waals surface area contributed by atoms with Gasteiger partial charge in [0.1, 0.15) is 12.7 Å². The van der Waals surface area contributed by atoms with E-state index in [1.165, 1.54) is 6.92 Å². The summed E-state index contributed by atoms with van der Waals surface area (Å²) in [5.74, 6) is -1.87. The van der Waals surface area contributed by atoms with Crippen LogP contribution in [0.4, 0.5) is 4.70 Å². The topological polar surface area (TPSA) is 99.1 Å². The Kier molecular flexibility index (Phi) is 11.5. The first kappa shape index (κ1) is 24.7. The summed E-state index contributed by atoms with van der Waals surface area (Å²) < 4.78 is 15.0. The van der Waals surface area contributed by atoms with Gasteiger partial charge >= 0.3 is 17.9 Å². The van der Waals surface area contributed by atoms with Gasteiger partial charge in [-0.3, -0.25) is 9.50 Å². The lowest BCUT2D eigenvalue weighted by molar-refractivity contribution is -0.172. The zero-order valence-electron chi connectivity index (χ0n) is 15.4. The van der Waals surface area contributed by atoms with Gasteiger partial charge in [-0.15, -0.1) is 0 Å². The number of hydrogen-bond acceptors (Lipinski definition) is 6. The molecule has 28 heavy (non-hydrogen) atoms. The number of rotatable bonds is 6. The minimum absolute atomic E-state index is 0. The summed E-state index contributed by atoms with van der Waals surface area (Å²) in [4.78, 5) is 31.6. The molecule has 2 atom stereocenters. The third kappa shape index (κ3) is 10.0. The van der Waals surface area contributed by atoms with Gasteiger partial charge in [0.25, 0.3) is 0 Å². The molecule has 0 bridgehead atoms. The second-order valence-electron chi connectivity index (χ2n) is 5.48. The molecule has 0 spiro atoms. The zero-order chi connectivity index (χ0) is 20.2. The molecule has 0 amide bonds. The predicted molar refractivity (Wildman–Crippen MR) is 101 cm³/mol. The van der Waals surface area contributed by atoms with Gasteiger partial charge in [-0.2, -0.15) is 0 Å². The quantitative estimate of drug-likeness (QED) is 0.450. The standard InChI is InChI=1S/C11H14O5.C9H8O2.FH/c1-4-10(13)14-6-9-5-7(2)11(16-9)15-8(3)12;10-9(11)7-6-8-4-2-1-3-5-8;/h4,9,11H,1-2,5-6H2,3H3;1-7H,(H,10,11);1H/b;7-6+;/t9-,11?;;/m0../s1. The number of carbonyl (C=O) groups excluding carboxylic acids is 2. The van der Waals surface area contributed by atoms with E-state index in [0.717, 1.165) is 17.7 Å². The molecule has 1 saturated heterocycles. The highest BCUT2D eigenvalue weighted by Gasteiger charge is 2.31. The molecular formula is C20H23FO7. The van der Waals surface area contributed by atoms with Gasteiger partial charge in [0, 0.05) is 25.5 Å². The number of halogens is 1. The molecule has 7 nitrogen and oxygen atoms in total. The molecule has 2 rings (SSSR count). The van der Waals surface area contributed by atoms with Gasteiger partial charge in [0.2, 0.25) is 6.29 Å². The first-order valence-electron chi connectivity index (χ1n) is 8.07. The number of benzene rings is 1. The fraction of sp³-hybridized carbons (Fsp3) is 0.250. The number of carboxylic acids is 1. The van der Waals surface area contributed by atoms with Crippen molar-refractivity contribution < 1.29 is 38.4 Å². The van der Waals surface area contributed by atoms with Gasteiger partial charge in [-0.05, 0) is 17.2 Å². The number of hydrogen-bond donors (Lipinski definition) is 1. The molecule has 1 unspecified atom stereocenters. The number of ether oxygens (including phenoxy) is 3. The third-order valence-electron chi connectivity index (χ3n) is 3.21. The summed E-state index contributed by atoms with van der Waals surface area (Å²) in [5, 5.41) is 8.29. The smallest absolute Gasteiger partial charge is 0.330 e. The van der Waals surface area contributed by atoms with Gasteiger partial charge in [-0.1, -0.05) is 43.5 Å². The van der Waals surface area contributed by atoms with E-state index in [9.17, 15) is 14.4 Å². The van der Waals surface area contributed by atoms with Crippen molar-refractivity contribution >= 4 is 24.0 Å². The molecule has 1 aromatic rings. The second kappa shape index (κ2) is 13.0. The SMILES string of the molecule is C=CC(=O)OC[C@@H]1CC(=C)C(OC(C)=O)O1.F.O=C(O)/C=C/c1ccccc1. The Labute approximate surface area is 162 Å². The van der Waals surface area contributed by atoms with E-state index in [1.54, 1.807) is 6.08 Å². The van der Waals surface area contributed by atoms with Crippen molar-refractivity contribution in [1.29, 1.82) is 0 Å². The first-order chi connectivity index (χ1) is 12.8. The van der Waals surface area contributed by atoms with Gasteiger partial charge in [0.15, 0.2) is 0 Å². The van der Waals surface area contributed by atoms with Gasteiger partial charge in [-0.25, -0.2) is 9.59 Å². The van der Waals surface area contributed by atoms with E-state index in [-0.39, 0.29) is 17.4 Å². The largest absolute Gasteiger partial charge is 0.478 e. The maximum atomic E-state index is 10.8. The van der Waals surface area contributed by atoms with Crippen LogP contribution in [0.5, 0.6) is 0 Å². The average molecular weight is 394 g/mol. The minimum Gasteiger partial charge on any atom is -0.478 e. The van der Waals surface area contributed by atoms with Crippen molar-refractivity contribution in [3.8, 4) is 0 Å². The molecule has 0 aliphatic carbocycles. The van der Waals surface area contributed by atoms with Gasteiger partial charge < -0.3 is 19.3 Å². The molecule has 1 fully saturated rings. The van der Waals surface area contributed by atoms with Crippen molar-refractivity contribution in [2.75, 3.05) is 6.61 Å². The van der Waals surface area contributed by atoms with Crippen LogP contribution >= 0.6 is 0 Å². The molecule has 1 aromatic carbocycles. The zero-order valence-corrected chi connectivity index (χ0v) is 15.4. The lowest BCUT2D eigenvalue weighted by Gasteiger charge is -2.13. The van der Waals surface area contributed by atoms with E-state index in [1.807, 2.05) is 30.3 Å². The Balaban J connectivity index is 0.000000535. The number of aliphatic carboxylic acids is 1.